The molecule has 0 amide bonds. The van der Waals surface area contributed by atoms with Gasteiger partial charge in [-0.25, -0.2) is 0 Å². The average Bonchev–Trinajstić information content (AvgIpc) is 2.29. The van der Waals surface area contributed by atoms with Crippen molar-refractivity contribution in [1.82, 2.24) is 5.43 Å². The number of benzene rings is 1. The zero-order valence-electron chi connectivity index (χ0n) is 9.44. The Kier molecular flexibility index (Phi) is 5.32. The second-order valence-electron chi connectivity index (χ2n) is 3.68. The Balaban J connectivity index is 2.36. The van der Waals surface area contributed by atoms with Crippen molar-refractivity contribution in [3.63, 3.8) is 0 Å². The van der Waals surface area contributed by atoms with Crippen molar-refractivity contribution in [1.29, 1.82) is 0 Å². The monoisotopic (exact) mass is 208 g/mol. The zero-order chi connectivity index (χ0) is 11.1. The van der Waals surface area contributed by atoms with Crippen LogP contribution in [0, 0.1) is 0 Å². The molecule has 3 nitrogen and oxygen atoms in total. The van der Waals surface area contributed by atoms with Gasteiger partial charge in [-0.2, -0.15) is 0 Å². The quantitative estimate of drug-likeness (QED) is 0.554. The van der Waals surface area contributed by atoms with Crippen LogP contribution in [-0.4, -0.2) is 12.1 Å². The van der Waals surface area contributed by atoms with Crippen molar-refractivity contribution >= 4 is 0 Å². The molecule has 0 radical (unpaired) electrons. The molecular formula is C12H20N2O. The highest BCUT2D eigenvalue weighted by Crippen LogP contribution is 2.07. The van der Waals surface area contributed by atoms with Crippen molar-refractivity contribution in [2.45, 2.75) is 39.0 Å². The Morgan fingerprint density at radius 3 is 2.53 bits per heavy atom. The molecule has 0 fully saturated rings. The lowest BCUT2D eigenvalue weighted by atomic mass is 10.1. The number of nitrogens with one attached hydrogen (secondary N) is 1. The minimum atomic E-state index is 0.125. The van der Waals surface area contributed by atoms with Gasteiger partial charge in [-0.1, -0.05) is 37.3 Å². The number of hydrazine groups is 1. The Morgan fingerprint density at radius 1 is 1.33 bits per heavy atom. The first-order valence-electron chi connectivity index (χ1n) is 5.39. The summed E-state index contributed by atoms with van der Waals surface area (Å²) in [6.45, 7) is 4.77. The van der Waals surface area contributed by atoms with Crippen LogP contribution in [0.4, 0.5) is 0 Å². The first-order valence-corrected chi connectivity index (χ1v) is 5.39. The van der Waals surface area contributed by atoms with E-state index in [4.69, 9.17) is 10.6 Å². The number of ether oxygens (including phenoxy) is 1. The summed E-state index contributed by atoms with van der Waals surface area (Å²) in [5.74, 6) is 5.42. The largest absolute Gasteiger partial charge is 0.372 e. The second-order valence-corrected chi connectivity index (χ2v) is 3.68. The van der Waals surface area contributed by atoms with Crippen LogP contribution in [0.2, 0.25) is 0 Å². The lowest BCUT2D eigenvalue weighted by Gasteiger charge is -2.22. The molecule has 3 heteroatoms. The van der Waals surface area contributed by atoms with Gasteiger partial charge in [0.25, 0.3) is 0 Å². The Hall–Kier alpha value is -0.900. The van der Waals surface area contributed by atoms with Crippen LogP contribution in [0.15, 0.2) is 30.3 Å². The van der Waals surface area contributed by atoms with Crippen LogP contribution in [0.25, 0.3) is 0 Å². The Bertz CT molecular complexity index is 260. The molecule has 1 aromatic rings. The van der Waals surface area contributed by atoms with E-state index >= 15 is 0 Å². The van der Waals surface area contributed by atoms with Crippen LogP contribution in [0.3, 0.4) is 0 Å². The lowest BCUT2D eigenvalue weighted by molar-refractivity contribution is 0.0261. The maximum atomic E-state index is 5.73. The molecule has 0 saturated heterocycles. The van der Waals surface area contributed by atoms with E-state index in [1.165, 1.54) is 5.56 Å². The highest BCUT2D eigenvalue weighted by molar-refractivity contribution is 5.13. The standard InChI is InChI=1S/C12H20N2O/c1-3-12(14-13)10(2)15-9-11-7-5-4-6-8-11/h4-8,10,12,14H,3,9,13H2,1-2H3/t10-,12+/m1/s1. The Labute approximate surface area is 91.6 Å². The minimum absolute atomic E-state index is 0.125. The summed E-state index contributed by atoms with van der Waals surface area (Å²) < 4.78 is 5.73. The lowest BCUT2D eigenvalue weighted by Crippen LogP contribution is -2.43. The fourth-order valence-corrected chi connectivity index (χ4v) is 1.50. The topological polar surface area (TPSA) is 47.3 Å². The summed E-state index contributed by atoms with van der Waals surface area (Å²) in [6, 6.07) is 10.4. The van der Waals surface area contributed by atoms with Gasteiger partial charge >= 0.3 is 0 Å². The maximum absolute atomic E-state index is 5.73. The number of nitrogens with two attached hydrogens (primary N) is 1. The van der Waals surface area contributed by atoms with Gasteiger partial charge < -0.3 is 4.74 Å². The van der Waals surface area contributed by atoms with E-state index in [-0.39, 0.29) is 12.1 Å². The highest BCUT2D eigenvalue weighted by atomic mass is 16.5. The molecule has 0 spiro atoms. The highest BCUT2D eigenvalue weighted by Gasteiger charge is 2.13. The molecule has 0 aliphatic heterocycles. The molecule has 3 N–H and O–H groups in total. The van der Waals surface area contributed by atoms with Crippen molar-refractivity contribution < 1.29 is 4.74 Å². The van der Waals surface area contributed by atoms with Crippen molar-refractivity contribution in [2.75, 3.05) is 0 Å². The van der Waals surface area contributed by atoms with E-state index in [0.29, 0.717) is 6.61 Å². The van der Waals surface area contributed by atoms with Gasteiger partial charge in [0.15, 0.2) is 0 Å². The van der Waals surface area contributed by atoms with E-state index in [0.717, 1.165) is 6.42 Å². The molecule has 84 valence electrons. The van der Waals surface area contributed by atoms with Crippen molar-refractivity contribution in [3.05, 3.63) is 35.9 Å². The summed E-state index contributed by atoms with van der Waals surface area (Å²) in [6.07, 6.45) is 1.09. The summed E-state index contributed by atoms with van der Waals surface area (Å²) >= 11 is 0. The molecule has 0 heterocycles. The van der Waals surface area contributed by atoms with Crippen LogP contribution >= 0.6 is 0 Å². The van der Waals surface area contributed by atoms with Crippen LogP contribution in [-0.2, 0) is 11.3 Å². The molecule has 0 aliphatic carbocycles. The van der Waals surface area contributed by atoms with Crippen LogP contribution in [0.1, 0.15) is 25.8 Å². The van der Waals surface area contributed by atoms with Gasteiger partial charge in [0.1, 0.15) is 0 Å². The summed E-state index contributed by atoms with van der Waals surface area (Å²) in [5.41, 5.74) is 3.95. The van der Waals surface area contributed by atoms with Gasteiger partial charge in [-0.05, 0) is 18.9 Å². The summed E-state index contributed by atoms with van der Waals surface area (Å²) in [5, 5.41) is 0. The number of hydrogen-bond acceptors (Lipinski definition) is 3. The average molecular weight is 208 g/mol. The second kappa shape index (κ2) is 6.56. The van der Waals surface area contributed by atoms with E-state index in [1.807, 2.05) is 25.1 Å². The third kappa shape index (κ3) is 4.00. The fraction of sp³-hybridized carbons (Fsp3) is 0.500. The molecule has 0 aliphatic rings. The predicted molar refractivity (Wildman–Crippen MR) is 62.1 cm³/mol. The van der Waals surface area contributed by atoms with Gasteiger partial charge in [0.05, 0.1) is 12.7 Å². The number of rotatable bonds is 6. The van der Waals surface area contributed by atoms with E-state index in [9.17, 15) is 0 Å². The zero-order valence-corrected chi connectivity index (χ0v) is 9.44. The Morgan fingerprint density at radius 2 is 2.00 bits per heavy atom. The molecule has 1 aromatic carbocycles. The van der Waals surface area contributed by atoms with E-state index < -0.39 is 0 Å². The first-order chi connectivity index (χ1) is 7.27. The molecule has 1 rings (SSSR count). The first kappa shape index (κ1) is 12.2. The maximum Gasteiger partial charge on any atom is 0.0721 e. The molecule has 0 aromatic heterocycles. The van der Waals surface area contributed by atoms with Crippen LogP contribution < -0.4 is 11.3 Å². The van der Waals surface area contributed by atoms with Crippen molar-refractivity contribution in [3.8, 4) is 0 Å². The van der Waals surface area contributed by atoms with Gasteiger partial charge in [-0.3, -0.25) is 11.3 Å². The van der Waals surface area contributed by atoms with Crippen molar-refractivity contribution in [2.24, 2.45) is 5.84 Å². The van der Waals surface area contributed by atoms with Gasteiger partial charge in [0.2, 0.25) is 0 Å². The van der Waals surface area contributed by atoms with Gasteiger partial charge in [0, 0.05) is 6.04 Å². The molecule has 0 saturated carbocycles. The third-order valence-electron chi connectivity index (χ3n) is 2.58. The molecule has 0 unspecified atom stereocenters. The molecule has 15 heavy (non-hydrogen) atoms. The smallest absolute Gasteiger partial charge is 0.0721 e. The van der Waals surface area contributed by atoms with Crippen LogP contribution in [0.5, 0.6) is 0 Å². The minimum Gasteiger partial charge on any atom is -0.372 e. The van der Waals surface area contributed by atoms with Gasteiger partial charge in [-0.15, -0.1) is 0 Å². The molecule has 0 bridgehead atoms. The summed E-state index contributed by atoms with van der Waals surface area (Å²) in [4.78, 5) is 0. The van der Waals surface area contributed by atoms with E-state index in [2.05, 4.69) is 24.5 Å². The van der Waals surface area contributed by atoms with E-state index in [1.54, 1.807) is 0 Å². The summed E-state index contributed by atoms with van der Waals surface area (Å²) in [7, 11) is 0. The molecule has 2 atom stereocenters. The molecular weight excluding hydrogens is 188 g/mol. The predicted octanol–water partition coefficient (Wildman–Crippen LogP) is 1.83. The fourth-order valence-electron chi connectivity index (χ4n) is 1.50. The number of hydrogen-bond donors (Lipinski definition) is 2. The third-order valence-corrected chi connectivity index (χ3v) is 2.58. The normalized spacial score (nSPS) is 14.9. The SMILES string of the molecule is CC[C@H](NN)[C@@H](C)OCc1ccccc1.